The lowest BCUT2D eigenvalue weighted by atomic mass is 9.78. The van der Waals surface area contributed by atoms with Gasteiger partial charge in [0.25, 0.3) is 0 Å². The van der Waals surface area contributed by atoms with Crippen LogP contribution >= 0.6 is 0 Å². The van der Waals surface area contributed by atoms with Crippen molar-refractivity contribution >= 4 is 16.9 Å². The first kappa shape index (κ1) is 12.0. The highest BCUT2D eigenvalue weighted by molar-refractivity contribution is 5.86. The smallest absolute Gasteiger partial charge is 0.328 e. The molecule has 98 valence electrons. The summed E-state index contributed by atoms with van der Waals surface area (Å²) in [5, 5.41) is 9.98. The first-order valence-corrected chi connectivity index (χ1v) is 6.17. The first-order valence-electron chi connectivity index (χ1n) is 6.17. The van der Waals surface area contributed by atoms with E-state index in [1.54, 1.807) is 6.08 Å². The number of para-hydroxylation sites is 1. The van der Waals surface area contributed by atoms with Crippen LogP contribution in [0.2, 0.25) is 0 Å². The van der Waals surface area contributed by atoms with E-state index in [9.17, 15) is 4.79 Å². The minimum Gasteiger partial charge on any atom is -0.478 e. The number of nitrogens with zero attached hydrogens (tertiary/aromatic N) is 1. The minimum atomic E-state index is -0.925. The second-order valence-electron chi connectivity index (χ2n) is 4.99. The maximum absolute atomic E-state index is 10.8. The van der Waals surface area contributed by atoms with Crippen LogP contribution in [-0.2, 0) is 22.0 Å². The summed E-state index contributed by atoms with van der Waals surface area (Å²) < 4.78 is 7.40. The Labute approximate surface area is 110 Å². The molecule has 0 atom stereocenters. The predicted molar refractivity (Wildman–Crippen MR) is 72.2 cm³/mol. The molecule has 1 aliphatic rings. The van der Waals surface area contributed by atoms with Gasteiger partial charge in [-0.3, -0.25) is 0 Å². The molecule has 0 bridgehead atoms. The SMILES string of the molecule is Cn1cc(C2(/C=C/C(=O)O)COC2)c2ccccc21. The van der Waals surface area contributed by atoms with Crippen LogP contribution in [0.5, 0.6) is 0 Å². The van der Waals surface area contributed by atoms with E-state index in [-0.39, 0.29) is 5.41 Å². The molecule has 2 heterocycles. The van der Waals surface area contributed by atoms with Gasteiger partial charge in [-0.15, -0.1) is 0 Å². The van der Waals surface area contributed by atoms with Crippen molar-refractivity contribution in [1.29, 1.82) is 0 Å². The zero-order valence-electron chi connectivity index (χ0n) is 10.7. The monoisotopic (exact) mass is 257 g/mol. The van der Waals surface area contributed by atoms with Crippen molar-refractivity contribution in [2.75, 3.05) is 13.2 Å². The maximum Gasteiger partial charge on any atom is 0.328 e. The van der Waals surface area contributed by atoms with Crippen LogP contribution in [0.4, 0.5) is 0 Å². The van der Waals surface area contributed by atoms with Gasteiger partial charge in [0.1, 0.15) is 0 Å². The molecule has 1 fully saturated rings. The minimum absolute atomic E-state index is 0.306. The van der Waals surface area contributed by atoms with Crippen LogP contribution in [-0.4, -0.2) is 28.9 Å². The molecule has 19 heavy (non-hydrogen) atoms. The molecule has 2 aromatic rings. The largest absolute Gasteiger partial charge is 0.478 e. The second-order valence-corrected chi connectivity index (χ2v) is 4.99. The normalized spacial score (nSPS) is 17.7. The van der Waals surface area contributed by atoms with E-state index in [1.807, 2.05) is 19.2 Å². The van der Waals surface area contributed by atoms with Crippen LogP contribution < -0.4 is 0 Å². The van der Waals surface area contributed by atoms with Crippen molar-refractivity contribution in [3.05, 3.63) is 48.2 Å². The van der Waals surface area contributed by atoms with Crippen LogP contribution in [0.3, 0.4) is 0 Å². The molecule has 0 saturated carbocycles. The molecule has 0 unspecified atom stereocenters. The summed E-state index contributed by atoms with van der Waals surface area (Å²) in [6, 6.07) is 8.13. The number of hydrogen-bond donors (Lipinski definition) is 1. The third-order valence-electron chi connectivity index (χ3n) is 3.70. The van der Waals surface area contributed by atoms with Gasteiger partial charge >= 0.3 is 5.97 Å². The Kier molecular flexibility index (Phi) is 2.68. The summed E-state index contributed by atoms with van der Waals surface area (Å²) in [5.41, 5.74) is 1.97. The number of carboxylic acids is 1. The molecule has 1 aromatic carbocycles. The molecule has 1 saturated heterocycles. The maximum atomic E-state index is 10.8. The van der Waals surface area contributed by atoms with Gasteiger partial charge in [0.2, 0.25) is 0 Å². The molecule has 3 rings (SSSR count). The Hall–Kier alpha value is -2.07. The summed E-state index contributed by atoms with van der Waals surface area (Å²) in [5.74, 6) is -0.925. The summed E-state index contributed by atoms with van der Waals surface area (Å²) in [6.07, 6.45) is 5.03. The molecule has 1 aromatic heterocycles. The molecular weight excluding hydrogens is 242 g/mol. The van der Waals surface area contributed by atoms with E-state index < -0.39 is 5.97 Å². The van der Waals surface area contributed by atoms with Gasteiger partial charge in [-0.25, -0.2) is 4.79 Å². The average molecular weight is 257 g/mol. The van der Waals surface area contributed by atoms with E-state index in [1.165, 1.54) is 6.08 Å². The number of fused-ring (bicyclic) bond motifs is 1. The summed E-state index contributed by atoms with van der Waals surface area (Å²) in [7, 11) is 2.00. The van der Waals surface area contributed by atoms with Crippen molar-refractivity contribution in [2.24, 2.45) is 7.05 Å². The van der Waals surface area contributed by atoms with E-state index in [0.717, 1.165) is 16.5 Å². The number of ether oxygens (including phenoxy) is 1. The Bertz CT molecular complexity index is 665. The fourth-order valence-corrected chi connectivity index (χ4v) is 2.63. The van der Waals surface area contributed by atoms with E-state index >= 15 is 0 Å². The fraction of sp³-hybridized carbons (Fsp3) is 0.267. The van der Waals surface area contributed by atoms with Crippen LogP contribution in [0.15, 0.2) is 42.6 Å². The Balaban J connectivity index is 2.14. The molecule has 0 spiro atoms. The van der Waals surface area contributed by atoms with Crippen molar-refractivity contribution in [2.45, 2.75) is 5.41 Å². The molecule has 0 aliphatic carbocycles. The van der Waals surface area contributed by atoms with Gasteiger partial charge in [0, 0.05) is 30.2 Å². The number of benzene rings is 1. The second kappa shape index (κ2) is 4.24. The first-order chi connectivity index (χ1) is 9.12. The van der Waals surface area contributed by atoms with Gasteiger partial charge < -0.3 is 14.4 Å². The molecule has 4 heteroatoms. The predicted octanol–water partition coefficient (Wildman–Crippen LogP) is 2.09. The van der Waals surface area contributed by atoms with Gasteiger partial charge in [0.15, 0.2) is 0 Å². The van der Waals surface area contributed by atoms with Crippen LogP contribution in [0.25, 0.3) is 10.9 Å². The summed E-state index contributed by atoms with van der Waals surface area (Å²) >= 11 is 0. The zero-order chi connectivity index (χ0) is 13.5. The van der Waals surface area contributed by atoms with Gasteiger partial charge in [-0.05, 0) is 11.6 Å². The highest BCUT2D eigenvalue weighted by Crippen LogP contribution is 2.38. The van der Waals surface area contributed by atoms with Crippen LogP contribution in [0, 0.1) is 0 Å². The molecule has 1 N–H and O–H groups in total. The van der Waals surface area contributed by atoms with Crippen molar-refractivity contribution < 1.29 is 14.6 Å². The number of hydrogen-bond acceptors (Lipinski definition) is 2. The number of carboxylic acid groups (broad SMARTS) is 1. The van der Waals surface area contributed by atoms with Gasteiger partial charge in [0.05, 0.1) is 18.6 Å². The van der Waals surface area contributed by atoms with Gasteiger partial charge in [-0.1, -0.05) is 24.3 Å². The molecule has 0 radical (unpaired) electrons. The van der Waals surface area contributed by atoms with Crippen LogP contribution in [0.1, 0.15) is 5.56 Å². The van der Waals surface area contributed by atoms with Gasteiger partial charge in [-0.2, -0.15) is 0 Å². The number of aliphatic carboxylic acids is 1. The average Bonchev–Trinajstić information content (AvgIpc) is 2.67. The van der Waals surface area contributed by atoms with E-state index in [2.05, 4.69) is 22.9 Å². The lowest BCUT2D eigenvalue weighted by Crippen LogP contribution is -2.45. The highest BCUT2D eigenvalue weighted by atomic mass is 16.5. The number of rotatable bonds is 3. The lowest BCUT2D eigenvalue weighted by Gasteiger charge is -2.39. The topological polar surface area (TPSA) is 51.5 Å². The van der Waals surface area contributed by atoms with Crippen molar-refractivity contribution in [3.63, 3.8) is 0 Å². The Morgan fingerprint density at radius 2 is 2.16 bits per heavy atom. The highest BCUT2D eigenvalue weighted by Gasteiger charge is 2.40. The summed E-state index contributed by atoms with van der Waals surface area (Å²) in [4.78, 5) is 10.8. The van der Waals surface area contributed by atoms with E-state index in [4.69, 9.17) is 9.84 Å². The molecule has 1 aliphatic heterocycles. The van der Waals surface area contributed by atoms with E-state index in [0.29, 0.717) is 13.2 Å². The molecule has 0 amide bonds. The number of aromatic nitrogens is 1. The number of aryl methyl sites for hydroxylation is 1. The Morgan fingerprint density at radius 3 is 2.79 bits per heavy atom. The Morgan fingerprint density at radius 1 is 1.42 bits per heavy atom. The fourth-order valence-electron chi connectivity index (χ4n) is 2.63. The lowest BCUT2D eigenvalue weighted by molar-refractivity contribution is -0.131. The number of carbonyl (C=O) groups is 1. The third-order valence-corrected chi connectivity index (χ3v) is 3.70. The molecular formula is C15H15NO3. The zero-order valence-corrected chi connectivity index (χ0v) is 10.7. The van der Waals surface area contributed by atoms with Crippen molar-refractivity contribution in [3.8, 4) is 0 Å². The van der Waals surface area contributed by atoms with Crippen molar-refractivity contribution in [1.82, 2.24) is 4.57 Å². The third kappa shape index (κ3) is 1.85. The standard InChI is InChI=1S/C15H15NO3/c1-16-8-12(11-4-2-3-5-13(11)16)15(9-19-10-15)7-6-14(17)18/h2-8H,9-10H2,1H3,(H,17,18)/b7-6+. The summed E-state index contributed by atoms with van der Waals surface area (Å²) in [6.45, 7) is 1.07. The molecule has 4 nitrogen and oxygen atoms in total. The quantitative estimate of drug-likeness (QED) is 0.856.